The van der Waals surface area contributed by atoms with Gasteiger partial charge >= 0.3 is 7.60 Å². The van der Waals surface area contributed by atoms with E-state index in [0.29, 0.717) is 19.8 Å². The molecule has 0 N–H and O–H groups in total. The summed E-state index contributed by atoms with van der Waals surface area (Å²) in [6, 6.07) is 0. The minimum Gasteiger partial charge on any atom is -0.309 e. The molecule has 0 fully saturated rings. The number of aliphatic imine (C=N–C) groups is 1. The van der Waals surface area contributed by atoms with E-state index in [1.807, 2.05) is 6.92 Å². The van der Waals surface area contributed by atoms with Crippen LogP contribution < -0.4 is 0 Å². The van der Waals surface area contributed by atoms with E-state index in [0.717, 1.165) is 0 Å². The average Bonchev–Trinajstić information content (AvgIpc) is 2.05. The highest BCUT2D eigenvalue weighted by Gasteiger charge is 2.21. The maximum atomic E-state index is 11.8. The quantitative estimate of drug-likeness (QED) is 0.475. The van der Waals surface area contributed by atoms with Gasteiger partial charge < -0.3 is 9.05 Å². The van der Waals surface area contributed by atoms with Gasteiger partial charge in [-0.25, -0.2) is 0 Å². The molecule has 0 aromatic carbocycles. The molecule has 78 valence electrons. The second-order valence-corrected chi connectivity index (χ2v) is 4.41. The fourth-order valence-corrected chi connectivity index (χ4v) is 2.21. The second kappa shape index (κ2) is 7.25. The van der Waals surface area contributed by atoms with E-state index >= 15 is 0 Å². The van der Waals surface area contributed by atoms with Crippen LogP contribution in [0.3, 0.4) is 0 Å². The van der Waals surface area contributed by atoms with E-state index in [1.54, 1.807) is 20.1 Å². The first-order valence-corrected chi connectivity index (χ1v) is 6.27. The van der Waals surface area contributed by atoms with Gasteiger partial charge in [-0.05, 0) is 20.8 Å². The molecular weight excluding hydrogens is 189 g/mol. The van der Waals surface area contributed by atoms with Gasteiger partial charge in [0.05, 0.1) is 19.4 Å². The monoisotopic (exact) mass is 207 g/mol. The molecule has 4 nitrogen and oxygen atoms in total. The summed E-state index contributed by atoms with van der Waals surface area (Å²) in [5.41, 5.74) is 0. The molecule has 0 aromatic rings. The lowest BCUT2D eigenvalue weighted by Crippen LogP contribution is -2.01. The van der Waals surface area contributed by atoms with E-state index in [1.165, 1.54) is 0 Å². The summed E-state index contributed by atoms with van der Waals surface area (Å²) < 4.78 is 21.9. The fraction of sp³-hybridized carbons (Fsp3) is 0.875. The van der Waals surface area contributed by atoms with Crippen molar-refractivity contribution in [2.24, 2.45) is 4.99 Å². The molecule has 0 saturated carbocycles. The van der Waals surface area contributed by atoms with Gasteiger partial charge in [0.2, 0.25) is 0 Å². The molecule has 0 aliphatic carbocycles. The predicted octanol–water partition coefficient (Wildman–Crippen LogP) is 2.34. The molecular formula is C8H18NO3P. The minimum atomic E-state index is -2.90. The number of hydrogen-bond acceptors (Lipinski definition) is 4. The summed E-state index contributed by atoms with van der Waals surface area (Å²) in [6.45, 7) is 7.00. The van der Waals surface area contributed by atoms with Crippen molar-refractivity contribution in [3.05, 3.63) is 0 Å². The molecule has 0 aromatic heterocycles. The van der Waals surface area contributed by atoms with Gasteiger partial charge in [0.25, 0.3) is 0 Å². The van der Waals surface area contributed by atoms with Crippen molar-refractivity contribution < 1.29 is 13.6 Å². The molecule has 0 saturated heterocycles. The Balaban J connectivity index is 4.07. The van der Waals surface area contributed by atoms with Crippen molar-refractivity contribution >= 4 is 13.8 Å². The van der Waals surface area contributed by atoms with Crippen molar-refractivity contribution in [2.45, 2.75) is 20.8 Å². The highest BCUT2D eigenvalue weighted by atomic mass is 31.2. The predicted molar refractivity (Wildman–Crippen MR) is 54.8 cm³/mol. The van der Waals surface area contributed by atoms with Crippen molar-refractivity contribution in [1.82, 2.24) is 0 Å². The molecule has 13 heavy (non-hydrogen) atoms. The highest BCUT2D eigenvalue weighted by Crippen LogP contribution is 2.46. The normalized spacial score (nSPS) is 12.5. The Morgan fingerprint density at radius 1 is 1.23 bits per heavy atom. The zero-order valence-electron chi connectivity index (χ0n) is 8.52. The fourth-order valence-electron chi connectivity index (χ4n) is 0.823. The number of hydrogen-bond donors (Lipinski definition) is 0. The van der Waals surface area contributed by atoms with Crippen LogP contribution in [0, 0.1) is 0 Å². The molecule has 0 radical (unpaired) electrons. The van der Waals surface area contributed by atoms with Crippen LogP contribution in [0.5, 0.6) is 0 Å². The molecule has 0 unspecified atom stereocenters. The van der Waals surface area contributed by atoms with Crippen molar-refractivity contribution in [3.63, 3.8) is 0 Å². The Bertz CT molecular complexity index is 184. The lowest BCUT2D eigenvalue weighted by atomic mass is 10.7. The van der Waals surface area contributed by atoms with Crippen LogP contribution in [0.15, 0.2) is 4.99 Å². The van der Waals surface area contributed by atoms with Crippen LogP contribution in [-0.4, -0.2) is 32.1 Å². The Hall–Kier alpha value is -0.180. The van der Waals surface area contributed by atoms with E-state index in [9.17, 15) is 4.57 Å². The van der Waals surface area contributed by atoms with Gasteiger partial charge in [-0.15, -0.1) is 0 Å². The maximum absolute atomic E-state index is 11.8. The second-order valence-electron chi connectivity index (χ2n) is 2.31. The molecule has 0 bridgehead atoms. The van der Waals surface area contributed by atoms with E-state index in [-0.39, 0.29) is 6.16 Å². The van der Waals surface area contributed by atoms with Crippen LogP contribution in [0.4, 0.5) is 0 Å². The van der Waals surface area contributed by atoms with Gasteiger partial charge in [-0.3, -0.25) is 9.56 Å². The Morgan fingerprint density at radius 2 is 1.77 bits per heavy atom. The summed E-state index contributed by atoms with van der Waals surface area (Å²) in [7, 11) is -2.90. The SMILES string of the molecule is CC/N=C/CP(=O)(OCC)OCC. The van der Waals surface area contributed by atoms with Crippen LogP contribution in [0.25, 0.3) is 0 Å². The summed E-state index contributed by atoms with van der Waals surface area (Å²) >= 11 is 0. The largest absolute Gasteiger partial charge is 0.335 e. The highest BCUT2D eigenvalue weighted by molar-refractivity contribution is 7.54. The maximum Gasteiger partial charge on any atom is 0.335 e. The smallest absolute Gasteiger partial charge is 0.309 e. The third kappa shape index (κ3) is 5.97. The van der Waals surface area contributed by atoms with E-state index in [2.05, 4.69) is 4.99 Å². The van der Waals surface area contributed by atoms with Crippen molar-refractivity contribution in [3.8, 4) is 0 Å². The third-order valence-corrected chi connectivity index (χ3v) is 3.18. The number of rotatable bonds is 7. The first-order valence-electron chi connectivity index (χ1n) is 4.55. The molecule has 0 heterocycles. The van der Waals surface area contributed by atoms with Crippen molar-refractivity contribution in [2.75, 3.05) is 25.9 Å². The summed E-state index contributed by atoms with van der Waals surface area (Å²) in [5, 5.41) is 0. The van der Waals surface area contributed by atoms with Crippen LogP contribution in [0.2, 0.25) is 0 Å². The van der Waals surface area contributed by atoms with Gasteiger partial charge in [0.15, 0.2) is 0 Å². The first kappa shape index (κ1) is 12.8. The molecule has 0 amide bonds. The lowest BCUT2D eigenvalue weighted by Gasteiger charge is -2.14. The number of nitrogens with zero attached hydrogens (tertiary/aromatic N) is 1. The zero-order valence-corrected chi connectivity index (χ0v) is 9.42. The summed E-state index contributed by atoms with van der Waals surface area (Å²) in [4.78, 5) is 3.96. The zero-order chi connectivity index (χ0) is 10.2. The molecule has 0 atom stereocenters. The molecule has 0 rings (SSSR count). The van der Waals surface area contributed by atoms with Crippen LogP contribution in [0.1, 0.15) is 20.8 Å². The van der Waals surface area contributed by atoms with Crippen molar-refractivity contribution in [1.29, 1.82) is 0 Å². The minimum absolute atomic E-state index is 0.266. The average molecular weight is 207 g/mol. The van der Waals surface area contributed by atoms with Crippen LogP contribution in [-0.2, 0) is 13.6 Å². The van der Waals surface area contributed by atoms with Crippen LogP contribution >= 0.6 is 7.60 Å². The molecule has 0 spiro atoms. The Labute approximate surface area is 79.9 Å². The Morgan fingerprint density at radius 3 is 2.15 bits per heavy atom. The van der Waals surface area contributed by atoms with Gasteiger partial charge in [-0.1, -0.05) is 0 Å². The molecule has 0 aliphatic heterocycles. The van der Waals surface area contributed by atoms with E-state index < -0.39 is 7.60 Å². The summed E-state index contributed by atoms with van der Waals surface area (Å²) in [6.07, 6.45) is 1.87. The van der Waals surface area contributed by atoms with E-state index in [4.69, 9.17) is 9.05 Å². The Kier molecular flexibility index (Phi) is 7.14. The first-order chi connectivity index (χ1) is 6.18. The third-order valence-electron chi connectivity index (χ3n) is 1.27. The van der Waals surface area contributed by atoms with Gasteiger partial charge in [0, 0.05) is 12.8 Å². The van der Waals surface area contributed by atoms with Gasteiger partial charge in [-0.2, -0.15) is 0 Å². The lowest BCUT2D eigenvalue weighted by molar-refractivity contribution is 0.223. The standard InChI is InChI=1S/C8H18NO3P/c1-4-9-7-8-13(10,11-5-2)12-6-3/h7H,4-6,8H2,1-3H3/b9-7+. The molecule has 0 aliphatic rings. The summed E-state index contributed by atoms with van der Waals surface area (Å²) in [5.74, 6) is 0. The molecule has 5 heteroatoms. The topological polar surface area (TPSA) is 47.9 Å². The van der Waals surface area contributed by atoms with Gasteiger partial charge in [0.1, 0.15) is 0 Å².